The van der Waals surface area contributed by atoms with Gasteiger partial charge >= 0.3 is 5.97 Å². The van der Waals surface area contributed by atoms with Crippen molar-refractivity contribution in [3.05, 3.63) is 72.1 Å². The van der Waals surface area contributed by atoms with Crippen molar-refractivity contribution in [1.29, 1.82) is 0 Å². The van der Waals surface area contributed by atoms with Crippen LogP contribution in [0.3, 0.4) is 0 Å². The van der Waals surface area contributed by atoms with Gasteiger partial charge in [-0.15, -0.1) is 0 Å². The number of carboxylic acid groups (broad SMARTS) is 1. The van der Waals surface area contributed by atoms with E-state index < -0.39 is 11.9 Å². The zero-order chi connectivity index (χ0) is 17.1. The van der Waals surface area contributed by atoms with Gasteiger partial charge in [0.25, 0.3) is 5.91 Å². The summed E-state index contributed by atoms with van der Waals surface area (Å²) in [5.41, 5.74) is 0.587. The first-order chi connectivity index (χ1) is 11.6. The molecule has 5 nitrogen and oxygen atoms in total. The standard InChI is InChI=1S/C19H16N2O3/c1-2-21(16-11-5-8-13-7-3-4-9-14(13)16)18(22)17-15(19(23)24)10-6-12-20-17/h3-12H,2H2,1H3,(H,23,24). The van der Waals surface area contributed by atoms with E-state index in [1.54, 1.807) is 4.90 Å². The fourth-order valence-corrected chi connectivity index (χ4v) is 2.74. The number of pyridine rings is 1. The van der Waals surface area contributed by atoms with Crippen LogP contribution in [0.1, 0.15) is 27.8 Å². The summed E-state index contributed by atoms with van der Waals surface area (Å²) in [6.45, 7) is 2.26. The van der Waals surface area contributed by atoms with Crippen LogP contribution in [0.15, 0.2) is 60.8 Å². The van der Waals surface area contributed by atoms with Gasteiger partial charge in [0, 0.05) is 18.1 Å². The zero-order valence-corrected chi connectivity index (χ0v) is 13.1. The van der Waals surface area contributed by atoms with Crippen LogP contribution in [0.2, 0.25) is 0 Å². The fraction of sp³-hybridized carbons (Fsp3) is 0.105. The predicted octanol–water partition coefficient (Wildman–Crippen LogP) is 3.60. The molecule has 2 aromatic carbocycles. The van der Waals surface area contributed by atoms with Gasteiger partial charge in [0.05, 0.1) is 11.3 Å². The van der Waals surface area contributed by atoms with Crippen LogP contribution in [0.4, 0.5) is 5.69 Å². The second-order valence-corrected chi connectivity index (χ2v) is 5.25. The van der Waals surface area contributed by atoms with E-state index in [4.69, 9.17) is 0 Å². The number of hydrogen-bond acceptors (Lipinski definition) is 3. The lowest BCUT2D eigenvalue weighted by molar-refractivity contribution is 0.0691. The third-order valence-corrected chi connectivity index (χ3v) is 3.86. The molecule has 0 saturated carbocycles. The molecule has 0 aliphatic heterocycles. The number of benzene rings is 2. The quantitative estimate of drug-likeness (QED) is 0.797. The normalized spacial score (nSPS) is 10.5. The molecule has 1 aromatic heterocycles. The predicted molar refractivity (Wildman–Crippen MR) is 92.5 cm³/mol. The largest absolute Gasteiger partial charge is 0.478 e. The molecule has 0 unspecified atom stereocenters. The Morgan fingerprint density at radius 2 is 1.79 bits per heavy atom. The maximum atomic E-state index is 12.9. The van der Waals surface area contributed by atoms with Gasteiger partial charge in [-0.2, -0.15) is 0 Å². The number of nitrogens with zero attached hydrogens (tertiary/aromatic N) is 2. The number of aromatic carboxylic acids is 1. The van der Waals surface area contributed by atoms with Gasteiger partial charge in [0.15, 0.2) is 0 Å². The molecule has 3 aromatic rings. The molecule has 1 heterocycles. The lowest BCUT2D eigenvalue weighted by atomic mass is 10.1. The van der Waals surface area contributed by atoms with Crippen LogP contribution < -0.4 is 4.90 Å². The van der Waals surface area contributed by atoms with Crippen molar-refractivity contribution >= 4 is 28.3 Å². The van der Waals surface area contributed by atoms with E-state index in [9.17, 15) is 14.7 Å². The Labute approximate surface area is 139 Å². The maximum absolute atomic E-state index is 12.9. The van der Waals surface area contributed by atoms with Crippen molar-refractivity contribution in [3.8, 4) is 0 Å². The fourth-order valence-electron chi connectivity index (χ4n) is 2.74. The van der Waals surface area contributed by atoms with Gasteiger partial charge in [0.2, 0.25) is 0 Å². The number of anilines is 1. The highest BCUT2D eigenvalue weighted by atomic mass is 16.4. The number of fused-ring (bicyclic) bond motifs is 1. The number of carboxylic acids is 1. The van der Waals surface area contributed by atoms with Crippen LogP contribution in [-0.2, 0) is 0 Å². The van der Waals surface area contributed by atoms with E-state index >= 15 is 0 Å². The summed E-state index contributed by atoms with van der Waals surface area (Å²) in [5, 5.41) is 11.2. The Morgan fingerprint density at radius 3 is 2.54 bits per heavy atom. The summed E-state index contributed by atoms with van der Waals surface area (Å²) in [6, 6.07) is 16.4. The molecule has 0 spiro atoms. The molecule has 24 heavy (non-hydrogen) atoms. The van der Waals surface area contributed by atoms with Gasteiger partial charge < -0.3 is 10.0 Å². The van der Waals surface area contributed by atoms with Gasteiger partial charge in [0.1, 0.15) is 5.69 Å². The van der Waals surface area contributed by atoms with Gasteiger partial charge in [-0.25, -0.2) is 4.79 Å². The molecule has 0 fully saturated rings. The third-order valence-electron chi connectivity index (χ3n) is 3.86. The summed E-state index contributed by atoms with van der Waals surface area (Å²) >= 11 is 0. The van der Waals surface area contributed by atoms with E-state index in [2.05, 4.69) is 4.98 Å². The molecule has 120 valence electrons. The third kappa shape index (κ3) is 2.72. The second-order valence-electron chi connectivity index (χ2n) is 5.25. The lowest BCUT2D eigenvalue weighted by Gasteiger charge is -2.23. The van der Waals surface area contributed by atoms with Crippen molar-refractivity contribution in [3.63, 3.8) is 0 Å². The minimum atomic E-state index is -1.17. The number of rotatable bonds is 4. The van der Waals surface area contributed by atoms with E-state index in [-0.39, 0.29) is 11.3 Å². The first-order valence-electron chi connectivity index (χ1n) is 7.61. The summed E-state index contributed by atoms with van der Waals surface area (Å²) < 4.78 is 0. The Morgan fingerprint density at radius 1 is 1.04 bits per heavy atom. The Kier molecular flexibility index (Phi) is 4.24. The Bertz CT molecular complexity index is 916. The van der Waals surface area contributed by atoms with Crippen LogP contribution in [0.25, 0.3) is 10.8 Å². The zero-order valence-electron chi connectivity index (χ0n) is 13.1. The van der Waals surface area contributed by atoms with Crippen molar-refractivity contribution in [2.24, 2.45) is 0 Å². The molecule has 0 aliphatic rings. The van der Waals surface area contributed by atoms with E-state index in [0.29, 0.717) is 6.54 Å². The Balaban J connectivity index is 2.12. The average Bonchev–Trinajstić information content (AvgIpc) is 2.62. The van der Waals surface area contributed by atoms with Gasteiger partial charge in [-0.3, -0.25) is 9.78 Å². The van der Waals surface area contributed by atoms with Crippen LogP contribution in [-0.4, -0.2) is 28.5 Å². The van der Waals surface area contributed by atoms with Crippen molar-refractivity contribution in [2.75, 3.05) is 11.4 Å². The molecule has 1 amide bonds. The molecule has 0 bridgehead atoms. The molecular formula is C19H16N2O3. The highest BCUT2D eigenvalue weighted by Gasteiger charge is 2.24. The van der Waals surface area contributed by atoms with Crippen molar-refractivity contribution < 1.29 is 14.7 Å². The van der Waals surface area contributed by atoms with Gasteiger partial charge in [-0.1, -0.05) is 36.4 Å². The molecule has 0 saturated heterocycles. The number of hydrogen-bond donors (Lipinski definition) is 1. The monoisotopic (exact) mass is 320 g/mol. The number of amides is 1. The van der Waals surface area contributed by atoms with E-state index in [0.717, 1.165) is 16.5 Å². The molecule has 5 heteroatoms. The highest BCUT2D eigenvalue weighted by molar-refractivity contribution is 6.13. The SMILES string of the molecule is CCN(C(=O)c1ncccc1C(=O)O)c1cccc2ccccc12. The average molecular weight is 320 g/mol. The van der Waals surface area contributed by atoms with E-state index in [1.807, 2.05) is 49.4 Å². The van der Waals surface area contributed by atoms with Crippen molar-refractivity contribution in [2.45, 2.75) is 6.92 Å². The number of aromatic nitrogens is 1. The first-order valence-corrected chi connectivity index (χ1v) is 7.61. The molecule has 0 radical (unpaired) electrons. The minimum absolute atomic E-state index is 0.0558. The number of carbonyl (C=O) groups is 2. The van der Waals surface area contributed by atoms with Gasteiger partial charge in [-0.05, 0) is 30.5 Å². The van der Waals surface area contributed by atoms with Crippen LogP contribution in [0, 0.1) is 0 Å². The molecular weight excluding hydrogens is 304 g/mol. The molecule has 0 atom stereocenters. The Hall–Kier alpha value is -3.21. The molecule has 1 N–H and O–H groups in total. The lowest BCUT2D eigenvalue weighted by Crippen LogP contribution is -2.32. The maximum Gasteiger partial charge on any atom is 0.338 e. The smallest absolute Gasteiger partial charge is 0.338 e. The summed E-state index contributed by atoms with van der Waals surface area (Å²) in [5.74, 6) is -1.59. The molecule has 0 aliphatic carbocycles. The van der Waals surface area contributed by atoms with Crippen molar-refractivity contribution in [1.82, 2.24) is 4.98 Å². The summed E-state index contributed by atoms with van der Waals surface area (Å²) in [6.07, 6.45) is 1.43. The minimum Gasteiger partial charge on any atom is -0.478 e. The number of carbonyl (C=O) groups excluding carboxylic acids is 1. The molecule has 3 rings (SSSR count). The highest BCUT2D eigenvalue weighted by Crippen LogP contribution is 2.28. The first kappa shape index (κ1) is 15.7. The topological polar surface area (TPSA) is 70.5 Å². The van der Waals surface area contributed by atoms with Crippen LogP contribution >= 0.6 is 0 Å². The second kappa shape index (κ2) is 6.50. The summed E-state index contributed by atoms with van der Waals surface area (Å²) in [7, 11) is 0. The van der Waals surface area contributed by atoms with E-state index in [1.165, 1.54) is 18.3 Å². The van der Waals surface area contributed by atoms with Crippen LogP contribution in [0.5, 0.6) is 0 Å². The summed E-state index contributed by atoms with van der Waals surface area (Å²) in [4.78, 5) is 29.9.